The van der Waals surface area contributed by atoms with Crippen molar-refractivity contribution in [1.29, 1.82) is 0 Å². The molecule has 0 aliphatic heterocycles. The summed E-state index contributed by atoms with van der Waals surface area (Å²) in [7, 11) is 0. The van der Waals surface area contributed by atoms with Gasteiger partial charge in [-0.15, -0.1) is 0 Å². The Bertz CT molecular complexity index is 923. The topological polar surface area (TPSA) is 56.5 Å². The molecule has 23 heavy (non-hydrogen) atoms. The van der Waals surface area contributed by atoms with Gasteiger partial charge in [0.1, 0.15) is 5.58 Å². The molecule has 0 unspecified atom stereocenters. The quantitative estimate of drug-likeness (QED) is 0.543. The fourth-order valence-corrected chi connectivity index (χ4v) is 2.61. The van der Waals surface area contributed by atoms with Gasteiger partial charge < -0.3 is 9.15 Å². The van der Waals surface area contributed by atoms with Crippen molar-refractivity contribution >= 4 is 16.9 Å². The molecule has 0 aliphatic carbocycles. The van der Waals surface area contributed by atoms with E-state index in [0.717, 1.165) is 16.5 Å². The molecule has 0 fully saturated rings. The van der Waals surface area contributed by atoms with Crippen LogP contribution in [-0.4, -0.2) is 12.6 Å². The molecule has 0 spiro atoms. The highest BCUT2D eigenvalue weighted by Gasteiger charge is 2.23. The number of esters is 1. The summed E-state index contributed by atoms with van der Waals surface area (Å²) >= 11 is 0. The summed E-state index contributed by atoms with van der Waals surface area (Å²) in [6.45, 7) is 3.84. The summed E-state index contributed by atoms with van der Waals surface area (Å²) < 4.78 is 10.4. The molecular weight excluding hydrogens is 292 g/mol. The van der Waals surface area contributed by atoms with E-state index in [0.29, 0.717) is 11.1 Å². The molecule has 2 aromatic carbocycles. The summed E-state index contributed by atoms with van der Waals surface area (Å²) in [6.07, 6.45) is 0. The molecule has 0 saturated heterocycles. The summed E-state index contributed by atoms with van der Waals surface area (Å²) in [5.74, 6) is -0.663. The molecule has 0 radical (unpaired) electrons. The molecule has 0 amide bonds. The third-order valence-corrected chi connectivity index (χ3v) is 3.60. The lowest BCUT2D eigenvalue weighted by Crippen LogP contribution is -2.18. The van der Waals surface area contributed by atoms with E-state index < -0.39 is 11.6 Å². The molecule has 0 aliphatic rings. The van der Waals surface area contributed by atoms with E-state index in [1.807, 2.05) is 49.4 Å². The van der Waals surface area contributed by atoms with Crippen molar-refractivity contribution in [2.24, 2.45) is 0 Å². The van der Waals surface area contributed by atoms with Gasteiger partial charge in [-0.2, -0.15) is 0 Å². The molecular formula is C19H16O4. The van der Waals surface area contributed by atoms with Crippen LogP contribution in [0.15, 0.2) is 57.7 Å². The predicted octanol–water partition coefficient (Wildman–Crippen LogP) is 3.95. The normalized spacial score (nSPS) is 10.7. The Morgan fingerprint density at radius 2 is 1.87 bits per heavy atom. The lowest BCUT2D eigenvalue weighted by Gasteiger charge is -2.11. The van der Waals surface area contributed by atoms with Crippen molar-refractivity contribution in [3.8, 4) is 11.1 Å². The maximum atomic E-state index is 12.4. The highest BCUT2D eigenvalue weighted by Crippen LogP contribution is 2.31. The number of ether oxygens (including phenoxy) is 1. The zero-order valence-corrected chi connectivity index (χ0v) is 13.0. The number of carbonyl (C=O) groups excluding carboxylic acids is 1. The summed E-state index contributed by atoms with van der Waals surface area (Å²) in [5.41, 5.74) is 2.05. The number of benzene rings is 2. The minimum absolute atomic E-state index is 0.0591. The largest absolute Gasteiger partial charge is 0.462 e. The lowest BCUT2D eigenvalue weighted by molar-refractivity contribution is 0.0523. The van der Waals surface area contributed by atoms with E-state index in [-0.39, 0.29) is 12.2 Å². The molecule has 0 N–H and O–H groups in total. The van der Waals surface area contributed by atoms with Crippen LogP contribution in [-0.2, 0) is 4.74 Å². The third kappa shape index (κ3) is 2.75. The minimum Gasteiger partial charge on any atom is -0.462 e. The standard InChI is InChI=1S/C19H16O4/c1-3-22-18(20)17-16(13-7-5-4-6-8-13)14-11-12(2)9-10-15(14)23-19(17)21/h4-11H,3H2,1-2H3. The van der Waals surface area contributed by atoms with Gasteiger partial charge in [0.05, 0.1) is 6.61 Å². The van der Waals surface area contributed by atoms with Crippen LogP contribution in [0.2, 0.25) is 0 Å². The molecule has 0 atom stereocenters. The maximum Gasteiger partial charge on any atom is 0.351 e. The molecule has 1 aromatic heterocycles. The van der Waals surface area contributed by atoms with Gasteiger partial charge >= 0.3 is 11.6 Å². The zero-order chi connectivity index (χ0) is 16.4. The highest BCUT2D eigenvalue weighted by molar-refractivity contribution is 6.06. The van der Waals surface area contributed by atoms with Crippen molar-refractivity contribution in [2.45, 2.75) is 13.8 Å². The molecule has 0 bridgehead atoms. The van der Waals surface area contributed by atoms with Gasteiger partial charge in [-0.05, 0) is 31.5 Å². The van der Waals surface area contributed by atoms with Crippen LogP contribution in [0.3, 0.4) is 0 Å². The minimum atomic E-state index is -0.682. The predicted molar refractivity (Wildman–Crippen MR) is 88.6 cm³/mol. The fourth-order valence-electron chi connectivity index (χ4n) is 2.61. The van der Waals surface area contributed by atoms with Gasteiger partial charge in [-0.1, -0.05) is 42.0 Å². The van der Waals surface area contributed by atoms with E-state index in [9.17, 15) is 9.59 Å². The zero-order valence-electron chi connectivity index (χ0n) is 13.0. The van der Waals surface area contributed by atoms with Crippen LogP contribution in [0.4, 0.5) is 0 Å². The van der Waals surface area contributed by atoms with Crippen LogP contribution in [0.25, 0.3) is 22.1 Å². The summed E-state index contributed by atoms with van der Waals surface area (Å²) in [4.78, 5) is 24.7. The molecule has 4 heteroatoms. The first-order valence-electron chi connectivity index (χ1n) is 7.42. The van der Waals surface area contributed by atoms with E-state index in [4.69, 9.17) is 9.15 Å². The van der Waals surface area contributed by atoms with Gasteiger partial charge in [0.25, 0.3) is 0 Å². The van der Waals surface area contributed by atoms with Crippen molar-refractivity contribution in [1.82, 2.24) is 0 Å². The van der Waals surface area contributed by atoms with Crippen molar-refractivity contribution in [3.05, 3.63) is 70.1 Å². The van der Waals surface area contributed by atoms with Crippen LogP contribution in [0, 0.1) is 6.92 Å². The van der Waals surface area contributed by atoms with E-state index in [2.05, 4.69) is 0 Å². The third-order valence-electron chi connectivity index (χ3n) is 3.60. The number of fused-ring (bicyclic) bond motifs is 1. The molecule has 1 heterocycles. The number of hydrogen-bond acceptors (Lipinski definition) is 4. The van der Waals surface area contributed by atoms with Crippen LogP contribution in [0.1, 0.15) is 22.8 Å². The van der Waals surface area contributed by atoms with Crippen molar-refractivity contribution in [2.75, 3.05) is 6.61 Å². The van der Waals surface area contributed by atoms with E-state index in [1.165, 1.54) is 0 Å². The van der Waals surface area contributed by atoms with Crippen molar-refractivity contribution in [3.63, 3.8) is 0 Å². The average molecular weight is 308 g/mol. The van der Waals surface area contributed by atoms with Gasteiger partial charge in [-0.3, -0.25) is 0 Å². The first kappa shape index (κ1) is 15.0. The second kappa shape index (κ2) is 6.08. The highest BCUT2D eigenvalue weighted by atomic mass is 16.5. The first-order chi connectivity index (χ1) is 11.1. The number of hydrogen-bond donors (Lipinski definition) is 0. The maximum absolute atomic E-state index is 12.4. The smallest absolute Gasteiger partial charge is 0.351 e. The number of carbonyl (C=O) groups is 1. The SMILES string of the molecule is CCOC(=O)c1c(-c2ccccc2)c2cc(C)ccc2oc1=O. The molecule has 4 nitrogen and oxygen atoms in total. The van der Waals surface area contributed by atoms with Crippen LogP contribution < -0.4 is 5.63 Å². The Kier molecular flexibility index (Phi) is 3.98. The molecule has 116 valence electrons. The molecule has 3 aromatic rings. The van der Waals surface area contributed by atoms with Gasteiger partial charge in [-0.25, -0.2) is 9.59 Å². The Hall–Kier alpha value is -2.88. The molecule has 0 saturated carbocycles. The van der Waals surface area contributed by atoms with Crippen LogP contribution >= 0.6 is 0 Å². The monoisotopic (exact) mass is 308 g/mol. The number of aryl methyl sites for hydroxylation is 1. The second-order valence-corrected chi connectivity index (χ2v) is 5.23. The lowest BCUT2D eigenvalue weighted by atomic mass is 9.96. The Labute approximate surface area is 133 Å². The first-order valence-corrected chi connectivity index (χ1v) is 7.42. The van der Waals surface area contributed by atoms with Gasteiger partial charge in [0, 0.05) is 10.9 Å². The molecule has 3 rings (SSSR count). The number of rotatable bonds is 3. The summed E-state index contributed by atoms with van der Waals surface area (Å²) in [6, 6.07) is 14.8. The van der Waals surface area contributed by atoms with Crippen molar-refractivity contribution < 1.29 is 13.9 Å². The van der Waals surface area contributed by atoms with Gasteiger partial charge in [0.2, 0.25) is 0 Å². The Morgan fingerprint density at radius 3 is 2.57 bits per heavy atom. The fraction of sp³-hybridized carbons (Fsp3) is 0.158. The van der Waals surface area contributed by atoms with Gasteiger partial charge in [0.15, 0.2) is 5.56 Å². The van der Waals surface area contributed by atoms with Crippen LogP contribution in [0.5, 0.6) is 0 Å². The van der Waals surface area contributed by atoms with E-state index >= 15 is 0 Å². The second-order valence-electron chi connectivity index (χ2n) is 5.23. The van der Waals surface area contributed by atoms with E-state index in [1.54, 1.807) is 13.0 Å². The average Bonchev–Trinajstić information content (AvgIpc) is 2.55. The summed E-state index contributed by atoms with van der Waals surface area (Å²) in [5, 5.41) is 0.721. The Balaban J connectivity index is 2.44. The Morgan fingerprint density at radius 1 is 1.13 bits per heavy atom.